The van der Waals surface area contributed by atoms with Crippen LogP contribution in [0.15, 0.2) is 23.3 Å². The molecular weight excluding hydrogens is 384 g/mol. The van der Waals surface area contributed by atoms with Crippen LogP contribution in [0.3, 0.4) is 0 Å². The number of carbonyl (C=O) groups is 1. The smallest absolute Gasteiger partial charge is 0.330 e. The molecule has 0 radical (unpaired) electrons. The maximum absolute atomic E-state index is 12.2. The van der Waals surface area contributed by atoms with Crippen molar-refractivity contribution in [1.82, 2.24) is 0 Å². The first-order valence-electron chi connectivity index (χ1n) is 7.81. The number of hydrogen-bond acceptors (Lipinski definition) is 10. The average molecular weight is 400 g/mol. The van der Waals surface area contributed by atoms with E-state index in [1.54, 1.807) is 0 Å². The highest BCUT2D eigenvalue weighted by atomic mass is 32.2. The molecule has 1 aromatic carbocycles. The first-order valence-corrected chi connectivity index (χ1v) is 9.52. The van der Waals surface area contributed by atoms with Crippen molar-refractivity contribution in [2.45, 2.75) is 25.0 Å². The molecule has 13 heteroatoms. The van der Waals surface area contributed by atoms with E-state index >= 15 is 0 Å². The number of nitro groups is 2. The molecule has 1 unspecified atom stereocenters. The number of esters is 1. The van der Waals surface area contributed by atoms with E-state index in [1.165, 1.54) is 6.92 Å². The fourth-order valence-electron chi connectivity index (χ4n) is 2.54. The summed E-state index contributed by atoms with van der Waals surface area (Å²) in [6, 6.07) is 2.87. The summed E-state index contributed by atoms with van der Waals surface area (Å²) in [5.41, 5.74) is 1.04. The van der Waals surface area contributed by atoms with Gasteiger partial charge < -0.3 is 4.74 Å². The summed E-state index contributed by atoms with van der Waals surface area (Å²) in [6.07, 6.45) is 0.414. The third kappa shape index (κ3) is 4.55. The normalized spacial score (nSPS) is 20.0. The Kier molecular flexibility index (Phi) is 6.05. The largest absolute Gasteiger partial charge is 0.465 e. The zero-order valence-electron chi connectivity index (χ0n) is 14.2. The van der Waals surface area contributed by atoms with E-state index < -0.39 is 42.3 Å². The molecule has 0 saturated carbocycles. The Balaban J connectivity index is 2.38. The summed E-state index contributed by atoms with van der Waals surface area (Å²) in [5, 5.41) is 24.2. The number of non-ortho nitro benzene ring substituents is 1. The SMILES string of the molecule is CCOC(=O)C1/C(=N/Nc2ccc([N+](=O)[O-])cc2[N+](=O)[O-])CCCS1(=O)=O. The Hall–Kier alpha value is -3.09. The number of carbonyl (C=O) groups excluding carboxylic acids is 1. The van der Waals surface area contributed by atoms with Gasteiger partial charge in [0.15, 0.2) is 15.1 Å². The standard InChI is InChI=1S/C14H16N4O8S/c1-2-26-14(19)13-11(4-3-7-27(13,24)25)16-15-10-6-5-9(17(20)21)8-12(10)18(22)23/h5-6,8,13,15H,2-4,7H2,1H3/b16-11+. The first kappa shape index (κ1) is 20.2. The lowest BCUT2D eigenvalue weighted by Crippen LogP contribution is -2.44. The van der Waals surface area contributed by atoms with Gasteiger partial charge in [-0.05, 0) is 25.8 Å². The van der Waals surface area contributed by atoms with Crippen LogP contribution < -0.4 is 5.43 Å². The van der Waals surface area contributed by atoms with Gasteiger partial charge in [0.1, 0.15) is 5.69 Å². The minimum absolute atomic E-state index is 0.0145. The quantitative estimate of drug-likeness (QED) is 0.421. The topological polar surface area (TPSA) is 171 Å². The molecule has 0 bridgehead atoms. The lowest BCUT2D eigenvalue weighted by atomic mass is 10.1. The molecule has 146 valence electrons. The summed E-state index contributed by atoms with van der Waals surface area (Å²) in [7, 11) is -3.81. The second-order valence-corrected chi connectivity index (χ2v) is 7.74. The van der Waals surface area contributed by atoms with E-state index in [-0.39, 0.29) is 36.6 Å². The number of rotatable bonds is 6. The van der Waals surface area contributed by atoms with Crippen LogP contribution >= 0.6 is 0 Å². The summed E-state index contributed by atoms with van der Waals surface area (Å²) >= 11 is 0. The number of hydrogen-bond donors (Lipinski definition) is 1. The maximum Gasteiger partial charge on any atom is 0.330 e. The number of sulfone groups is 1. The van der Waals surface area contributed by atoms with Gasteiger partial charge in [0.25, 0.3) is 5.69 Å². The molecule has 1 N–H and O–H groups in total. The zero-order chi connectivity index (χ0) is 20.2. The minimum atomic E-state index is -3.81. The molecule has 1 fully saturated rings. The lowest BCUT2D eigenvalue weighted by molar-refractivity contribution is -0.393. The van der Waals surface area contributed by atoms with Crippen molar-refractivity contribution < 1.29 is 27.8 Å². The van der Waals surface area contributed by atoms with Gasteiger partial charge in [-0.25, -0.2) is 8.42 Å². The van der Waals surface area contributed by atoms with E-state index in [0.29, 0.717) is 0 Å². The van der Waals surface area contributed by atoms with Crippen molar-refractivity contribution >= 4 is 38.6 Å². The van der Waals surface area contributed by atoms with Crippen molar-refractivity contribution in [3.63, 3.8) is 0 Å². The van der Waals surface area contributed by atoms with Crippen molar-refractivity contribution in [3.8, 4) is 0 Å². The lowest BCUT2D eigenvalue weighted by Gasteiger charge is -2.22. The third-order valence-corrected chi connectivity index (χ3v) is 5.77. The number of hydrazone groups is 1. The summed E-state index contributed by atoms with van der Waals surface area (Å²) in [4.78, 5) is 32.3. The van der Waals surface area contributed by atoms with Crippen LogP contribution in [0.1, 0.15) is 19.8 Å². The molecule has 0 aliphatic carbocycles. The molecule has 12 nitrogen and oxygen atoms in total. The summed E-state index contributed by atoms with van der Waals surface area (Å²) < 4.78 is 29.2. The van der Waals surface area contributed by atoms with E-state index in [0.717, 1.165) is 18.2 Å². The summed E-state index contributed by atoms with van der Waals surface area (Å²) in [5.74, 6) is -1.16. The molecule has 1 atom stereocenters. The monoisotopic (exact) mass is 400 g/mol. The minimum Gasteiger partial charge on any atom is -0.465 e. The zero-order valence-corrected chi connectivity index (χ0v) is 15.0. The number of nitrogens with zero attached hydrogens (tertiary/aromatic N) is 3. The molecular formula is C14H16N4O8S. The van der Waals surface area contributed by atoms with Gasteiger partial charge in [-0.3, -0.25) is 30.4 Å². The Bertz CT molecular complexity index is 912. The van der Waals surface area contributed by atoms with Crippen LogP contribution in [0.25, 0.3) is 0 Å². The third-order valence-electron chi connectivity index (χ3n) is 3.73. The highest BCUT2D eigenvalue weighted by Gasteiger charge is 2.41. The Morgan fingerprint density at radius 1 is 1.33 bits per heavy atom. The molecule has 1 aliphatic heterocycles. The molecule has 1 aromatic rings. The van der Waals surface area contributed by atoms with Crippen LogP contribution in [-0.4, -0.2) is 47.6 Å². The van der Waals surface area contributed by atoms with Gasteiger partial charge in [0.05, 0.1) is 34.0 Å². The van der Waals surface area contributed by atoms with Gasteiger partial charge >= 0.3 is 11.7 Å². The van der Waals surface area contributed by atoms with Gasteiger partial charge in [0.2, 0.25) is 0 Å². The van der Waals surface area contributed by atoms with Crippen LogP contribution in [0.5, 0.6) is 0 Å². The van der Waals surface area contributed by atoms with E-state index in [4.69, 9.17) is 4.74 Å². The molecule has 1 heterocycles. The van der Waals surface area contributed by atoms with Crippen molar-refractivity contribution in [2.24, 2.45) is 5.10 Å². The maximum atomic E-state index is 12.2. The summed E-state index contributed by atoms with van der Waals surface area (Å²) in [6.45, 7) is 1.52. The van der Waals surface area contributed by atoms with Crippen LogP contribution in [0.4, 0.5) is 17.1 Å². The number of ether oxygens (including phenoxy) is 1. The number of nitro benzene ring substituents is 2. The fourth-order valence-corrected chi connectivity index (χ4v) is 4.27. The van der Waals surface area contributed by atoms with Crippen molar-refractivity contribution in [3.05, 3.63) is 38.4 Å². The molecule has 0 amide bonds. The second kappa shape index (κ2) is 8.07. The average Bonchev–Trinajstić information content (AvgIpc) is 2.58. The van der Waals surface area contributed by atoms with Gasteiger partial charge in [0, 0.05) is 6.07 Å². The molecule has 2 rings (SSSR count). The highest BCUT2D eigenvalue weighted by Crippen LogP contribution is 2.29. The van der Waals surface area contributed by atoms with Gasteiger partial charge in [-0.1, -0.05) is 0 Å². The van der Waals surface area contributed by atoms with Crippen molar-refractivity contribution in [1.29, 1.82) is 0 Å². The molecule has 0 aromatic heterocycles. The van der Waals surface area contributed by atoms with Crippen molar-refractivity contribution in [2.75, 3.05) is 17.8 Å². The number of nitrogens with one attached hydrogen (secondary N) is 1. The van der Waals surface area contributed by atoms with E-state index in [2.05, 4.69) is 10.5 Å². The Morgan fingerprint density at radius 2 is 2.04 bits per heavy atom. The Morgan fingerprint density at radius 3 is 2.63 bits per heavy atom. The van der Waals surface area contributed by atoms with Crippen LogP contribution in [-0.2, 0) is 19.4 Å². The molecule has 1 saturated heterocycles. The fraction of sp³-hybridized carbons (Fsp3) is 0.429. The van der Waals surface area contributed by atoms with Gasteiger partial charge in [-0.15, -0.1) is 0 Å². The molecule has 27 heavy (non-hydrogen) atoms. The predicted molar refractivity (Wildman–Crippen MR) is 94.3 cm³/mol. The van der Waals surface area contributed by atoms with E-state index in [1.807, 2.05) is 0 Å². The second-order valence-electron chi connectivity index (χ2n) is 5.53. The van der Waals surface area contributed by atoms with Crippen LogP contribution in [0, 0.1) is 20.2 Å². The van der Waals surface area contributed by atoms with Crippen LogP contribution in [0.2, 0.25) is 0 Å². The Labute approximate surface area is 153 Å². The first-order chi connectivity index (χ1) is 12.7. The predicted octanol–water partition coefficient (Wildman–Crippen LogP) is 1.41. The van der Waals surface area contributed by atoms with E-state index in [9.17, 15) is 33.4 Å². The van der Waals surface area contributed by atoms with Gasteiger partial charge in [-0.2, -0.15) is 5.10 Å². The highest BCUT2D eigenvalue weighted by molar-refractivity contribution is 7.93. The molecule has 0 spiro atoms. The number of anilines is 1. The molecule has 1 aliphatic rings. The number of benzene rings is 1.